The van der Waals surface area contributed by atoms with Crippen molar-refractivity contribution in [2.45, 2.75) is 26.2 Å². The van der Waals surface area contributed by atoms with Crippen LogP contribution < -0.4 is 10.5 Å². The van der Waals surface area contributed by atoms with Crippen molar-refractivity contribution >= 4 is 5.84 Å². The molecule has 0 spiro atoms. The third-order valence-electron chi connectivity index (χ3n) is 3.61. The van der Waals surface area contributed by atoms with Crippen LogP contribution in [0.25, 0.3) is 0 Å². The molecule has 0 saturated carbocycles. The largest absolute Gasteiger partial charge is 0.492 e. The van der Waals surface area contributed by atoms with Gasteiger partial charge in [0.1, 0.15) is 18.2 Å². The molecule has 1 heterocycles. The third kappa shape index (κ3) is 3.96. The Balaban J connectivity index is 1.82. The number of rotatable bonds is 5. The highest BCUT2D eigenvalue weighted by Gasteiger charge is 2.09. The number of hydrogen-bond acceptors (Lipinski definition) is 3. The minimum atomic E-state index is 0.109. The fraction of sp³-hybridized carbons (Fsp3) is 0.533. The summed E-state index contributed by atoms with van der Waals surface area (Å²) in [5, 5.41) is 7.45. The molecule has 104 valence electrons. The van der Waals surface area contributed by atoms with Gasteiger partial charge in [0.25, 0.3) is 0 Å². The Morgan fingerprint density at radius 3 is 2.68 bits per heavy atom. The molecule has 0 aliphatic carbocycles. The van der Waals surface area contributed by atoms with Gasteiger partial charge in [-0.05, 0) is 56.6 Å². The summed E-state index contributed by atoms with van der Waals surface area (Å²) in [5.41, 5.74) is 7.27. The van der Waals surface area contributed by atoms with Gasteiger partial charge in [0.05, 0.1) is 0 Å². The van der Waals surface area contributed by atoms with Crippen LogP contribution in [0.5, 0.6) is 5.75 Å². The van der Waals surface area contributed by atoms with E-state index in [0.29, 0.717) is 0 Å². The summed E-state index contributed by atoms with van der Waals surface area (Å²) >= 11 is 0. The summed E-state index contributed by atoms with van der Waals surface area (Å²) in [6, 6.07) is 5.70. The first-order valence-corrected chi connectivity index (χ1v) is 6.97. The second kappa shape index (κ2) is 6.57. The number of benzene rings is 1. The first kappa shape index (κ1) is 13.9. The van der Waals surface area contributed by atoms with Crippen molar-refractivity contribution < 1.29 is 4.74 Å². The van der Waals surface area contributed by atoms with Crippen molar-refractivity contribution in [2.75, 3.05) is 26.2 Å². The Kier molecular flexibility index (Phi) is 4.80. The predicted molar refractivity (Wildman–Crippen MR) is 78.0 cm³/mol. The number of likely N-dealkylation sites (tertiary alicyclic amines) is 1. The van der Waals surface area contributed by atoms with E-state index < -0.39 is 0 Å². The molecule has 0 aromatic heterocycles. The van der Waals surface area contributed by atoms with Gasteiger partial charge in [-0.3, -0.25) is 10.3 Å². The van der Waals surface area contributed by atoms with Gasteiger partial charge in [-0.1, -0.05) is 6.42 Å². The van der Waals surface area contributed by atoms with E-state index in [0.717, 1.165) is 30.0 Å². The molecule has 0 unspecified atom stereocenters. The van der Waals surface area contributed by atoms with E-state index >= 15 is 0 Å². The normalized spacial score (nSPS) is 16.3. The van der Waals surface area contributed by atoms with Gasteiger partial charge in [0, 0.05) is 12.1 Å². The van der Waals surface area contributed by atoms with Crippen LogP contribution in [-0.2, 0) is 0 Å². The lowest BCUT2D eigenvalue weighted by molar-refractivity contribution is 0.183. The molecule has 0 atom stereocenters. The average Bonchev–Trinajstić information content (AvgIpc) is 2.39. The van der Waals surface area contributed by atoms with E-state index in [1.807, 2.05) is 25.1 Å². The number of nitrogens with one attached hydrogen (secondary N) is 1. The molecule has 1 aliphatic rings. The molecule has 4 heteroatoms. The summed E-state index contributed by atoms with van der Waals surface area (Å²) in [7, 11) is 0. The molecule has 3 N–H and O–H groups in total. The first-order chi connectivity index (χ1) is 9.16. The maximum Gasteiger partial charge on any atom is 0.123 e. The van der Waals surface area contributed by atoms with Crippen molar-refractivity contribution in [3.63, 3.8) is 0 Å². The van der Waals surface area contributed by atoms with Gasteiger partial charge in [-0.15, -0.1) is 0 Å². The lowest BCUT2D eigenvalue weighted by Gasteiger charge is -2.26. The maximum absolute atomic E-state index is 7.45. The Bertz CT molecular complexity index is 439. The fourth-order valence-electron chi connectivity index (χ4n) is 2.50. The van der Waals surface area contributed by atoms with Crippen LogP contribution >= 0.6 is 0 Å². The highest BCUT2D eigenvalue weighted by atomic mass is 16.5. The molecule has 1 fully saturated rings. The van der Waals surface area contributed by atoms with Crippen molar-refractivity contribution in [3.05, 3.63) is 29.3 Å². The number of amidine groups is 1. The number of hydrogen-bond donors (Lipinski definition) is 2. The number of nitrogen functional groups attached to an aromatic ring is 1. The maximum atomic E-state index is 7.45. The molecule has 1 aromatic carbocycles. The molecular weight excluding hydrogens is 238 g/mol. The number of ether oxygens (including phenoxy) is 1. The monoisotopic (exact) mass is 261 g/mol. The van der Waals surface area contributed by atoms with Gasteiger partial charge in [0.2, 0.25) is 0 Å². The zero-order chi connectivity index (χ0) is 13.7. The average molecular weight is 261 g/mol. The SMILES string of the molecule is Cc1cc(OCCN2CCCCC2)ccc1C(=N)N. The van der Waals surface area contributed by atoms with Crippen LogP contribution in [0, 0.1) is 12.3 Å². The first-order valence-electron chi connectivity index (χ1n) is 6.97. The Morgan fingerprint density at radius 2 is 2.05 bits per heavy atom. The molecule has 0 radical (unpaired) electrons. The topological polar surface area (TPSA) is 62.3 Å². The molecule has 19 heavy (non-hydrogen) atoms. The van der Waals surface area contributed by atoms with E-state index in [1.165, 1.54) is 32.4 Å². The van der Waals surface area contributed by atoms with Gasteiger partial charge in [0.15, 0.2) is 0 Å². The summed E-state index contributed by atoms with van der Waals surface area (Å²) in [6.45, 7) is 6.07. The second-order valence-electron chi connectivity index (χ2n) is 5.14. The minimum Gasteiger partial charge on any atom is -0.492 e. The summed E-state index contributed by atoms with van der Waals surface area (Å²) in [6.07, 6.45) is 3.99. The number of piperidine rings is 1. The zero-order valence-electron chi connectivity index (χ0n) is 11.6. The summed E-state index contributed by atoms with van der Waals surface area (Å²) in [4.78, 5) is 2.46. The molecule has 1 aliphatic heterocycles. The van der Waals surface area contributed by atoms with E-state index in [-0.39, 0.29) is 5.84 Å². The zero-order valence-corrected chi connectivity index (χ0v) is 11.6. The second-order valence-corrected chi connectivity index (χ2v) is 5.14. The molecule has 1 saturated heterocycles. The Hall–Kier alpha value is -1.55. The van der Waals surface area contributed by atoms with Crippen LogP contribution in [-0.4, -0.2) is 37.0 Å². The molecule has 0 bridgehead atoms. The predicted octanol–water partition coefficient (Wildman–Crippen LogP) is 2.14. The summed E-state index contributed by atoms with van der Waals surface area (Å²) < 4.78 is 5.77. The van der Waals surface area contributed by atoms with Crippen molar-refractivity contribution in [1.82, 2.24) is 4.90 Å². The van der Waals surface area contributed by atoms with Gasteiger partial charge in [-0.25, -0.2) is 0 Å². The highest BCUT2D eigenvalue weighted by molar-refractivity contribution is 5.96. The third-order valence-corrected chi connectivity index (χ3v) is 3.61. The Morgan fingerprint density at radius 1 is 1.32 bits per heavy atom. The van der Waals surface area contributed by atoms with Crippen LogP contribution in [0.3, 0.4) is 0 Å². The van der Waals surface area contributed by atoms with E-state index in [1.54, 1.807) is 0 Å². The van der Waals surface area contributed by atoms with Gasteiger partial charge < -0.3 is 10.5 Å². The van der Waals surface area contributed by atoms with Crippen molar-refractivity contribution in [2.24, 2.45) is 5.73 Å². The highest BCUT2D eigenvalue weighted by Crippen LogP contribution is 2.17. The van der Waals surface area contributed by atoms with Crippen LogP contribution in [0.4, 0.5) is 0 Å². The fourth-order valence-corrected chi connectivity index (χ4v) is 2.50. The molecule has 0 amide bonds. The van der Waals surface area contributed by atoms with Crippen LogP contribution in [0.2, 0.25) is 0 Å². The smallest absolute Gasteiger partial charge is 0.123 e. The van der Waals surface area contributed by atoms with E-state index in [2.05, 4.69) is 4.90 Å². The molecular formula is C15H23N3O. The molecule has 1 aromatic rings. The lowest BCUT2D eigenvalue weighted by atomic mass is 10.1. The number of aryl methyl sites for hydroxylation is 1. The molecule has 4 nitrogen and oxygen atoms in total. The van der Waals surface area contributed by atoms with Crippen molar-refractivity contribution in [3.8, 4) is 5.75 Å². The lowest BCUT2D eigenvalue weighted by Crippen LogP contribution is -2.33. The minimum absolute atomic E-state index is 0.109. The number of nitrogens with zero attached hydrogens (tertiary/aromatic N) is 1. The Labute approximate surface area is 115 Å². The van der Waals surface area contributed by atoms with Gasteiger partial charge >= 0.3 is 0 Å². The standard InChI is InChI=1S/C15H23N3O/c1-12-11-13(5-6-14(12)15(16)17)19-10-9-18-7-3-2-4-8-18/h5-6,11H,2-4,7-10H2,1H3,(H3,16,17). The van der Waals surface area contributed by atoms with Crippen LogP contribution in [0.1, 0.15) is 30.4 Å². The number of nitrogens with two attached hydrogens (primary N) is 1. The molecule has 2 rings (SSSR count). The van der Waals surface area contributed by atoms with E-state index in [9.17, 15) is 0 Å². The quantitative estimate of drug-likeness (QED) is 0.630. The van der Waals surface area contributed by atoms with E-state index in [4.69, 9.17) is 15.9 Å². The van der Waals surface area contributed by atoms with Crippen LogP contribution in [0.15, 0.2) is 18.2 Å². The summed E-state index contributed by atoms with van der Waals surface area (Å²) in [5.74, 6) is 0.969. The van der Waals surface area contributed by atoms with Gasteiger partial charge in [-0.2, -0.15) is 0 Å². The van der Waals surface area contributed by atoms with Crippen molar-refractivity contribution in [1.29, 1.82) is 5.41 Å².